The van der Waals surface area contributed by atoms with Crippen LogP contribution in [0.5, 0.6) is 0 Å². The lowest BCUT2D eigenvalue weighted by molar-refractivity contribution is 0.101. The van der Waals surface area contributed by atoms with Crippen LogP contribution in [0, 0.1) is 13.8 Å². The Kier molecular flexibility index (Phi) is 4.91. The monoisotopic (exact) mass is 321 g/mol. The summed E-state index contributed by atoms with van der Waals surface area (Å²) in [5, 5.41) is 0.674. The smallest absolute Gasteiger partial charge is 0.189 e. The molecule has 1 aromatic carbocycles. The average molecular weight is 322 g/mol. The fourth-order valence-corrected chi connectivity index (χ4v) is 3.21. The second-order valence-electron chi connectivity index (χ2n) is 4.85. The van der Waals surface area contributed by atoms with Crippen LogP contribution in [0.4, 0.5) is 0 Å². The first kappa shape index (κ1) is 15.9. The number of H-pyrrole nitrogens is 1. The van der Waals surface area contributed by atoms with E-state index >= 15 is 0 Å². The van der Waals surface area contributed by atoms with Crippen LogP contribution in [-0.2, 0) is 0 Å². The molecule has 5 heteroatoms. The van der Waals surface area contributed by atoms with Gasteiger partial charge in [0.15, 0.2) is 11.6 Å². The van der Waals surface area contributed by atoms with Gasteiger partial charge in [-0.1, -0.05) is 11.6 Å². The van der Waals surface area contributed by atoms with E-state index in [-0.39, 0.29) is 11.6 Å². The minimum atomic E-state index is -0.0225. The number of carbonyl (C=O) groups excluding carboxylic acids is 2. The molecule has 0 unspecified atom stereocenters. The molecule has 0 spiro atoms. The lowest BCUT2D eigenvalue weighted by Gasteiger charge is -2.02. The predicted molar refractivity (Wildman–Crippen MR) is 86.8 cm³/mol. The molecule has 1 N–H and O–H groups in total. The molecule has 0 radical (unpaired) electrons. The highest BCUT2D eigenvalue weighted by molar-refractivity contribution is 8.00. The van der Waals surface area contributed by atoms with Crippen LogP contribution in [0.15, 0.2) is 29.2 Å². The molecular weight excluding hydrogens is 306 g/mol. The van der Waals surface area contributed by atoms with Crippen molar-refractivity contribution in [2.24, 2.45) is 0 Å². The second kappa shape index (κ2) is 6.50. The molecule has 0 aliphatic carbocycles. The van der Waals surface area contributed by atoms with Gasteiger partial charge in [0.05, 0.1) is 11.4 Å². The summed E-state index contributed by atoms with van der Waals surface area (Å²) < 4.78 is 0. The Labute approximate surface area is 133 Å². The molecule has 0 aliphatic heterocycles. The van der Waals surface area contributed by atoms with Crippen molar-refractivity contribution < 1.29 is 9.59 Å². The van der Waals surface area contributed by atoms with Gasteiger partial charge in [0.1, 0.15) is 0 Å². The van der Waals surface area contributed by atoms with Crippen molar-refractivity contribution in [1.29, 1.82) is 0 Å². The molecule has 0 aliphatic rings. The zero-order valence-corrected chi connectivity index (χ0v) is 13.7. The minimum absolute atomic E-state index is 0.0111. The Bertz CT molecular complexity index is 689. The van der Waals surface area contributed by atoms with Crippen molar-refractivity contribution in [2.75, 3.05) is 5.75 Å². The van der Waals surface area contributed by atoms with Gasteiger partial charge in [0.2, 0.25) is 0 Å². The highest BCUT2D eigenvalue weighted by Gasteiger charge is 2.19. The molecule has 0 saturated carbocycles. The van der Waals surface area contributed by atoms with E-state index in [1.807, 2.05) is 19.1 Å². The molecule has 1 heterocycles. The van der Waals surface area contributed by atoms with Gasteiger partial charge >= 0.3 is 0 Å². The molecule has 0 saturated heterocycles. The Morgan fingerprint density at radius 2 is 1.81 bits per heavy atom. The average Bonchev–Trinajstić information content (AvgIpc) is 2.73. The summed E-state index contributed by atoms with van der Waals surface area (Å²) >= 11 is 7.28. The van der Waals surface area contributed by atoms with Gasteiger partial charge in [-0.05, 0) is 50.6 Å². The molecule has 2 aromatic rings. The van der Waals surface area contributed by atoms with E-state index in [1.54, 1.807) is 19.1 Å². The van der Waals surface area contributed by atoms with E-state index < -0.39 is 0 Å². The molecule has 0 bridgehead atoms. The number of benzene rings is 1. The van der Waals surface area contributed by atoms with Crippen LogP contribution in [0.3, 0.4) is 0 Å². The summed E-state index contributed by atoms with van der Waals surface area (Å²) in [7, 11) is 0. The van der Waals surface area contributed by atoms with Crippen LogP contribution in [-0.4, -0.2) is 22.3 Å². The van der Waals surface area contributed by atoms with Crippen LogP contribution < -0.4 is 0 Å². The molecule has 110 valence electrons. The number of carbonyl (C=O) groups is 2. The predicted octanol–water partition coefficient (Wildman–Crippen LogP) is 4.46. The molecular formula is C16H16ClNO2S. The quantitative estimate of drug-likeness (QED) is 0.653. The first-order valence-corrected chi connectivity index (χ1v) is 7.88. The largest absolute Gasteiger partial charge is 0.355 e. The van der Waals surface area contributed by atoms with Crippen molar-refractivity contribution in [1.82, 2.24) is 4.98 Å². The summed E-state index contributed by atoms with van der Waals surface area (Å²) in [5.41, 5.74) is 2.63. The number of Topliss-reactive ketones (excluding diaryl/α,β-unsaturated/α-hetero) is 2. The zero-order chi connectivity index (χ0) is 15.6. The minimum Gasteiger partial charge on any atom is -0.355 e. The number of aromatic nitrogens is 1. The Morgan fingerprint density at radius 3 is 2.33 bits per heavy atom. The van der Waals surface area contributed by atoms with E-state index in [0.717, 1.165) is 16.2 Å². The molecule has 2 rings (SSSR count). The van der Waals surface area contributed by atoms with Crippen molar-refractivity contribution in [2.45, 2.75) is 25.7 Å². The van der Waals surface area contributed by atoms with E-state index in [1.165, 1.54) is 18.7 Å². The van der Waals surface area contributed by atoms with E-state index in [4.69, 9.17) is 11.6 Å². The highest BCUT2D eigenvalue weighted by atomic mass is 35.5. The molecule has 0 amide bonds. The van der Waals surface area contributed by atoms with Gasteiger partial charge in [0, 0.05) is 21.2 Å². The van der Waals surface area contributed by atoms with Crippen molar-refractivity contribution in [3.05, 3.63) is 51.8 Å². The lowest BCUT2D eigenvalue weighted by atomic mass is 10.1. The number of halogens is 1. The van der Waals surface area contributed by atoms with Crippen molar-refractivity contribution >= 4 is 34.9 Å². The number of hydrogen-bond donors (Lipinski definition) is 1. The SMILES string of the molecule is CC(=O)c1c(C)[nH]c(C(=O)CSc2ccc(Cl)cc2)c1C. The standard InChI is InChI=1S/C16H16ClNO2S/c1-9-15(11(3)19)10(2)18-16(9)14(20)8-21-13-6-4-12(17)5-7-13/h4-7,18H,8H2,1-3H3. The molecule has 3 nitrogen and oxygen atoms in total. The molecule has 0 atom stereocenters. The molecule has 1 aromatic heterocycles. The number of ketones is 2. The molecule has 0 fully saturated rings. The summed E-state index contributed by atoms with van der Waals surface area (Å²) in [6.07, 6.45) is 0. The normalized spacial score (nSPS) is 10.7. The number of rotatable bonds is 5. The van der Waals surface area contributed by atoms with E-state index in [0.29, 0.717) is 22.0 Å². The van der Waals surface area contributed by atoms with Crippen molar-refractivity contribution in [3.8, 4) is 0 Å². The fraction of sp³-hybridized carbons (Fsp3) is 0.250. The Morgan fingerprint density at radius 1 is 1.19 bits per heavy atom. The third-order valence-electron chi connectivity index (χ3n) is 3.25. The van der Waals surface area contributed by atoms with Crippen LogP contribution in [0.2, 0.25) is 5.02 Å². The maximum Gasteiger partial charge on any atom is 0.189 e. The number of thioether (sulfide) groups is 1. The fourth-order valence-electron chi connectivity index (χ4n) is 2.31. The van der Waals surface area contributed by atoms with Gasteiger partial charge in [-0.2, -0.15) is 0 Å². The van der Waals surface area contributed by atoms with Gasteiger partial charge in [-0.15, -0.1) is 11.8 Å². The molecule has 21 heavy (non-hydrogen) atoms. The lowest BCUT2D eigenvalue weighted by Crippen LogP contribution is -2.05. The van der Waals surface area contributed by atoms with Crippen molar-refractivity contribution in [3.63, 3.8) is 0 Å². The maximum absolute atomic E-state index is 12.3. The van der Waals surface area contributed by atoms with Crippen LogP contribution >= 0.6 is 23.4 Å². The number of nitrogens with one attached hydrogen (secondary N) is 1. The van der Waals surface area contributed by atoms with E-state index in [2.05, 4.69) is 4.98 Å². The number of aryl methyl sites for hydroxylation is 1. The maximum atomic E-state index is 12.3. The summed E-state index contributed by atoms with van der Waals surface area (Å²) in [6.45, 7) is 5.13. The zero-order valence-electron chi connectivity index (χ0n) is 12.1. The first-order valence-electron chi connectivity index (χ1n) is 6.51. The second-order valence-corrected chi connectivity index (χ2v) is 6.33. The van der Waals surface area contributed by atoms with E-state index in [9.17, 15) is 9.59 Å². The third-order valence-corrected chi connectivity index (χ3v) is 4.52. The Balaban J connectivity index is 2.12. The first-order chi connectivity index (χ1) is 9.90. The summed E-state index contributed by atoms with van der Waals surface area (Å²) in [4.78, 5) is 27.9. The van der Waals surface area contributed by atoms with Crippen LogP contribution in [0.1, 0.15) is 39.0 Å². The van der Waals surface area contributed by atoms with Gasteiger partial charge in [-0.25, -0.2) is 0 Å². The van der Waals surface area contributed by atoms with Gasteiger partial charge in [0.25, 0.3) is 0 Å². The van der Waals surface area contributed by atoms with Crippen LogP contribution in [0.25, 0.3) is 0 Å². The topological polar surface area (TPSA) is 49.9 Å². The van der Waals surface area contributed by atoms with Gasteiger partial charge in [-0.3, -0.25) is 9.59 Å². The number of aromatic amines is 1. The summed E-state index contributed by atoms with van der Waals surface area (Å²) in [6, 6.07) is 7.36. The Hall–Kier alpha value is -1.52. The third kappa shape index (κ3) is 3.57. The highest BCUT2D eigenvalue weighted by Crippen LogP contribution is 2.24. The van der Waals surface area contributed by atoms with Gasteiger partial charge < -0.3 is 4.98 Å². The number of hydrogen-bond acceptors (Lipinski definition) is 3. The summed E-state index contributed by atoms with van der Waals surface area (Å²) in [5.74, 6) is 0.286.